The van der Waals surface area contributed by atoms with Crippen LogP contribution in [-0.4, -0.2) is 45.0 Å². The summed E-state index contributed by atoms with van der Waals surface area (Å²) in [6.45, 7) is 1.38. The molecule has 18 heavy (non-hydrogen) atoms. The summed E-state index contributed by atoms with van der Waals surface area (Å²) < 4.78 is 0. The smallest absolute Gasteiger partial charge is 0.241 e. The molecule has 2 rings (SSSR count). The normalized spacial score (nSPS) is 18.4. The molecule has 1 amide bonds. The topological polar surface area (TPSA) is 35.6 Å². The fourth-order valence-corrected chi connectivity index (χ4v) is 2.40. The van der Waals surface area contributed by atoms with Gasteiger partial charge in [0, 0.05) is 32.4 Å². The van der Waals surface area contributed by atoms with Gasteiger partial charge in [-0.1, -0.05) is 18.2 Å². The standard InChI is InChI=1S/C14H21N3O/c1-15-12-8-9-17(10-14(18)16(2)3)13-7-5-4-6-11(12)13/h4-7,12,15H,8-10H2,1-3H3. The van der Waals surface area contributed by atoms with E-state index in [1.165, 1.54) is 11.3 Å². The van der Waals surface area contributed by atoms with E-state index < -0.39 is 0 Å². The van der Waals surface area contributed by atoms with Gasteiger partial charge in [0.2, 0.25) is 5.91 Å². The van der Waals surface area contributed by atoms with Crippen molar-refractivity contribution in [1.82, 2.24) is 10.2 Å². The minimum absolute atomic E-state index is 0.146. The molecule has 0 fully saturated rings. The maximum atomic E-state index is 11.8. The van der Waals surface area contributed by atoms with Crippen LogP contribution in [0, 0.1) is 0 Å². The second-order valence-corrected chi connectivity index (χ2v) is 4.90. The molecule has 4 nitrogen and oxygen atoms in total. The minimum Gasteiger partial charge on any atom is -0.362 e. The molecule has 4 heteroatoms. The number of fused-ring (bicyclic) bond motifs is 1. The number of para-hydroxylation sites is 1. The molecule has 1 aliphatic heterocycles. The van der Waals surface area contributed by atoms with Gasteiger partial charge in [-0.05, 0) is 25.1 Å². The minimum atomic E-state index is 0.146. The van der Waals surface area contributed by atoms with E-state index in [0.717, 1.165) is 13.0 Å². The molecule has 1 heterocycles. The number of benzene rings is 1. The largest absolute Gasteiger partial charge is 0.362 e. The van der Waals surface area contributed by atoms with E-state index in [2.05, 4.69) is 28.4 Å². The predicted molar refractivity (Wildman–Crippen MR) is 73.8 cm³/mol. The number of likely N-dealkylation sites (N-methyl/N-ethyl adjacent to an activating group) is 1. The molecule has 1 aromatic carbocycles. The molecule has 1 aliphatic rings. The number of hydrogen-bond acceptors (Lipinski definition) is 3. The van der Waals surface area contributed by atoms with Gasteiger partial charge in [0.25, 0.3) is 0 Å². The molecule has 0 aliphatic carbocycles. The molecule has 1 aromatic rings. The molecule has 1 unspecified atom stereocenters. The van der Waals surface area contributed by atoms with Crippen LogP contribution >= 0.6 is 0 Å². The lowest BCUT2D eigenvalue weighted by Gasteiger charge is -2.35. The van der Waals surface area contributed by atoms with E-state index in [1.807, 2.05) is 13.1 Å². The number of hydrogen-bond donors (Lipinski definition) is 1. The fraction of sp³-hybridized carbons (Fsp3) is 0.500. The second kappa shape index (κ2) is 5.40. The van der Waals surface area contributed by atoms with Crippen LogP contribution in [0.25, 0.3) is 0 Å². The summed E-state index contributed by atoms with van der Waals surface area (Å²) >= 11 is 0. The van der Waals surface area contributed by atoms with Gasteiger partial charge in [0.05, 0.1) is 6.54 Å². The number of anilines is 1. The average molecular weight is 247 g/mol. The summed E-state index contributed by atoms with van der Waals surface area (Å²) in [5, 5.41) is 3.33. The summed E-state index contributed by atoms with van der Waals surface area (Å²) in [5.74, 6) is 0.146. The number of carbonyl (C=O) groups excluding carboxylic acids is 1. The van der Waals surface area contributed by atoms with Crippen LogP contribution in [0.2, 0.25) is 0 Å². The molecule has 98 valence electrons. The zero-order valence-corrected chi connectivity index (χ0v) is 11.3. The van der Waals surface area contributed by atoms with Crippen molar-refractivity contribution in [3.8, 4) is 0 Å². The van der Waals surface area contributed by atoms with Crippen molar-refractivity contribution in [2.24, 2.45) is 0 Å². The highest BCUT2D eigenvalue weighted by Gasteiger charge is 2.25. The van der Waals surface area contributed by atoms with Gasteiger partial charge in [-0.3, -0.25) is 4.79 Å². The Labute approximate surface area is 109 Å². The summed E-state index contributed by atoms with van der Waals surface area (Å²) in [7, 11) is 5.59. The van der Waals surface area contributed by atoms with E-state index in [0.29, 0.717) is 12.6 Å². The van der Waals surface area contributed by atoms with Crippen molar-refractivity contribution in [1.29, 1.82) is 0 Å². The molecule has 0 bridgehead atoms. The Bertz CT molecular complexity index is 431. The molecular formula is C14H21N3O. The Balaban J connectivity index is 2.22. The number of nitrogens with zero attached hydrogens (tertiary/aromatic N) is 2. The molecule has 1 N–H and O–H groups in total. The van der Waals surface area contributed by atoms with E-state index >= 15 is 0 Å². The maximum absolute atomic E-state index is 11.8. The zero-order valence-electron chi connectivity index (χ0n) is 11.3. The van der Waals surface area contributed by atoms with Crippen LogP contribution in [0.4, 0.5) is 5.69 Å². The van der Waals surface area contributed by atoms with Crippen molar-refractivity contribution in [3.05, 3.63) is 29.8 Å². The second-order valence-electron chi connectivity index (χ2n) is 4.90. The Morgan fingerprint density at radius 3 is 2.83 bits per heavy atom. The Morgan fingerprint density at radius 2 is 2.17 bits per heavy atom. The van der Waals surface area contributed by atoms with Crippen molar-refractivity contribution in [2.45, 2.75) is 12.5 Å². The van der Waals surface area contributed by atoms with Crippen molar-refractivity contribution in [3.63, 3.8) is 0 Å². The van der Waals surface area contributed by atoms with Gasteiger partial charge >= 0.3 is 0 Å². The highest BCUT2D eigenvalue weighted by atomic mass is 16.2. The van der Waals surface area contributed by atoms with Gasteiger partial charge in [-0.25, -0.2) is 0 Å². The van der Waals surface area contributed by atoms with Crippen LogP contribution in [0.5, 0.6) is 0 Å². The number of nitrogens with one attached hydrogen (secondary N) is 1. The first-order valence-corrected chi connectivity index (χ1v) is 6.34. The van der Waals surface area contributed by atoms with E-state index in [4.69, 9.17) is 0 Å². The number of carbonyl (C=O) groups is 1. The van der Waals surface area contributed by atoms with Crippen LogP contribution in [0.3, 0.4) is 0 Å². The molecule has 0 aromatic heterocycles. The first-order valence-electron chi connectivity index (χ1n) is 6.34. The third-order valence-corrected chi connectivity index (χ3v) is 3.51. The first-order chi connectivity index (χ1) is 8.63. The van der Waals surface area contributed by atoms with Crippen LogP contribution in [0.15, 0.2) is 24.3 Å². The summed E-state index contributed by atoms with van der Waals surface area (Å²) in [5.41, 5.74) is 2.47. The Kier molecular flexibility index (Phi) is 3.87. The highest BCUT2D eigenvalue weighted by Crippen LogP contribution is 2.33. The molecule has 0 saturated carbocycles. The van der Waals surface area contributed by atoms with E-state index in [-0.39, 0.29) is 5.91 Å². The molecule has 1 atom stereocenters. The lowest BCUT2D eigenvalue weighted by atomic mass is 9.96. The third-order valence-electron chi connectivity index (χ3n) is 3.51. The molecular weight excluding hydrogens is 226 g/mol. The SMILES string of the molecule is CNC1CCN(CC(=O)N(C)C)c2ccccc21. The average Bonchev–Trinajstić information content (AvgIpc) is 2.39. The summed E-state index contributed by atoms with van der Waals surface area (Å²) in [6.07, 6.45) is 1.04. The quantitative estimate of drug-likeness (QED) is 0.873. The Morgan fingerprint density at radius 1 is 1.44 bits per heavy atom. The lowest BCUT2D eigenvalue weighted by molar-refractivity contribution is -0.127. The van der Waals surface area contributed by atoms with Crippen molar-refractivity contribution >= 4 is 11.6 Å². The van der Waals surface area contributed by atoms with E-state index in [1.54, 1.807) is 19.0 Å². The van der Waals surface area contributed by atoms with Crippen LogP contribution in [-0.2, 0) is 4.79 Å². The first kappa shape index (κ1) is 12.9. The van der Waals surface area contributed by atoms with Gasteiger partial charge in [-0.15, -0.1) is 0 Å². The van der Waals surface area contributed by atoms with E-state index in [9.17, 15) is 4.79 Å². The highest BCUT2D eigenvalue weighted by molar-refractivity contribution is 5.81. The van der Waals surface area contributed by atoms with Gasteiger partial charge in [0.15, 0.2) is 0 Å². The Hall–Kier alpha value is -1.55. The van der Waals surface area contributed by atoms with Crippen molar-refractivity contribution < 1.29 is 4.79 Å². The molecule has 0 radical (unpaired) electrons. The summed E-state index contributed by atoms with van der Waals surface area (Å²) in [4.78, 5) is 15.7. The monoisotopic (exact) mass is 247 g/mol. The lowest BCUT2D eigenvalue weighted by Crippen LogP contribution is -2.41. The fourth-order valence-electron chi connectivity index (χ4n) is 2.40. The van der Waals surface area contributed by atoms with Crippen LogP contribution < -0.4 is 10.2 Å². The predicted octanol–water partition coefficient (Wildman–Crippen LogP) is 1.25. The maximum Gasteiger partial charge on any atom is 0.241 e. The van der Waals surface area contributed by atoms with Crippen molar-refractivity contribution in [2.75, 3.05) is 39.1 Å². The zero-order chi connectivity index (χ0) is 13.1. The number of rotatable bonds is 3. The number of amides is 1. The third kappa shape index (κ3) is 2.48. The molecule has 0 spiro atoms. The van der Waals surface area contributed by atoms with Gasteiger partial charge in [-0.2, -0.15) is 0 Å². The van der Waals surface area contributed by atoms with Crippen LogP contribution in [0.1, 0.15) is 18.0 Å². The summed E-state index contributed by atoms with van der Waals surface area (Å²) in [6, 6.07) is 8.72. The van der Waals surface area contributed by atoms with Gasteiger partial charge < -0.3 is 15.1 Å². The molecule has 0 saturated heterocycles. The van der Waals surface area contributed by atoms with Gasteiger partial charge in [0.1, 0.15) is 0 Å².